The van der Waals surface area contributed by atoms with Gasteiger partial charge in [-0.25, -0.2) is 0 Å². The molecule has 0 aliphatic rings. The van der Waals surface area contributed by atoms with Crippen LogP contribution >= 0.6 is 11.9 Å². The number of hydrogen-bond donors (Lipinski definition) is 0. The van der Waals surface area contributed by atoms with E-state index >= 15 is 0 Å². The number of anilines is 1. The predicted molar refractivity (Wildman–Crippen MR) is 95.2 cm³/mol. The summed E-state index contributed by atoms with van der Waals surface area (Å²) in [6, 6.07) is 17.8. The number of rotatable bonds is 6. The quantitative estimate of drug-likeness (QED) is 0.577. The Morgan fingerprint density at radius 1 is 1.09 bits per heavy atom. The summed E-state index contributed by atoms with van der Waals surface area (Å²) in [6.45, 7) is 4.53. The lowest BCUT2D eigenvalue weighted by Gasteiger charge is -2.21. The molecule has 116 valence electrons. The molecule has 0 saturated heterocycles. The average molecular weight is 315 g/mol. The van der Waals surface area contributed by atoms with Gasteiger partial charge in [0, 0.05) is 25.5 Å². The van der Waals surface area contributed by atoms with E-state index in [1.54, 1.807) is 26.2 Å². The van der Waals surface area contributed by atoms with Crippen LogP contribution < -0.4 is 4.31 Å². The third-order valence-electron chi connectivity index (χ3n) is 2.69. The summed E-state index contributed by atoms with van der Waals surface area (Å²) in [4.78, 5) is 10.6. The van der Waals surface area contributed by atoms with E-state index in [0.29, 0.717) is 5.56 Å². The zero-order valence-corrected chi connectivity index (χ0v) is 13.8. The number of nitrogens with zero attached hydrogens (tertiary/aromatic N) is 1. The average Bonchev–Trinajstić information content (AvgIpc) is 2.57. The molecule has 2 aromatic rings. The van der Waals surface area contributed by atoms with Crippen molar-refractivity contribution in [3.8, 4) is 0 Å². The highest BCUT2D eigenvalue weighted by Crippen LogP contribution is 2.25. The number of hydrogen-bond acceptors (Lipinski definition) is 4. The third-order valence-corrected chi connectivity index (χ3v) is 3.43. The SMILES string of the molecule is C=CSN(Cc1ccc(C=O)cc1)c1ccccc1.COC. The van der Waals surface area contributed by atoms with Gasteiger partial charge >= 0.3 is 0 Å². The second-order valence-electron chi connectivity index (χ2n) is 4.41. The standard InChI is InChI=1S/C16H15NOS.C2H6O/c1-2-19-17(16-6-4-3-5-7-16)12-14-8-10-15(13-18)11-9-14;1-3-2/h2-11,13H,1,12H2;1-2H3. The Morgan fingerprint density at radius 2 is 1.68 bits per heavy atom. The summed E-state index contributed by atoms with van der Waals surface area (Å²) in [6.07, 6.45) is 0.858. The fourth-order valence-electron chi connectivity index (χ4n) is 1.74. The van der Waals surface area contributed by atoms with Crippen molar-refractivity contribution in [2.24, 2.45) is 0 Å². The first-order chi connectivity index (χ1) is 10.7. The maximum Gasteiger partial charge on any atom is 0.150 e. The molecule has 0 aliphatic carbocycles. The van der Waals surface area contributed by atoms with Crippen LogP contribution in [0.5, 0.6) is 0 Å². The smallest absolute Gasteiger partial charge is 0.150 e. The van der Waals surface area contributed by atoms with Gasteiger partial charge < -0.3 is 9.04 Å². The molecule has 0 amide bonds. The van der Waals surface area contributed by atoms with Gasteiger partial charge in [0.2, 0.25) is 0 Å². The van der Waals surface area contributed by atoms with Crippen molar-refractivity contribution in [2.75, 3.05) is 18.5 Å². The van der Waals surface area contributed by atoms with Crippen LogP contribution in [0.3, 0.4) is 0 Å². The third kappa shape index (κ3) is 6.16. The Bertz CT molecular complexity index is 555. The highest BCUT2D eigenvalue weighted by Gasteiger charge is 2.06. The first-order valence-electron chi connectivity index (χ1n) is 6.79. The Labute approximate surface area is 136 Å². The van der Waals surface area contributed by atoms with Crippen LogP contribution in [0.1, 0.15) is 15.9 Å². The fourth-order valence-corrected chi connectivity index (χ4v) is 2.39. The van der Waals surface area contributed by atoms with Crippen LogP contribution in [0.4, 0.5) is 5.69 Å². The first kappa shape index (κ1) is 18.0. The van der Waals surface area contributed by atoms with E-state index in [0.717, 1.165) is 24.1 Å². The van der Waals surface area contributed by atoms with Crippen molar-refractivity contribution in [1.82, 2.24) is 0 Å². The van der Waals surface area contributed by atoms with Crippen LogP contribution in [-0.4, -0.2) is 20.5 Å². The van der Waals surface area contributed by atoms with Gasteiger partial charge in [-0.05, 0) is 35.1 Å². The monoisotopic (exact) mass is 315 g/mol. The number of aldehydes is 1. The summed E-state index contributed by atoms with van der Waals surface area (Å²) in [7, 11) is 3.25. The van der Waals surface area contributed by atoms with Crippen molar-refractivity contribution in [3.63, 3.8) is 0 Å². The number of carbonyl (C=O) groups excluding carboxylic acids is 1. The van der Waals surface area contributed by atoms with Gasteiger partial charge in [-0.3, -0.25) is 4.79 Å². The van der Waals surface area contributed by atoms with Gasteiger partial charge in [0.15, 0.2) is 0 Å². The summed E-state index contributed by atoms with van der Waals surface area (Å²) in [5, 5.41) is 1.81. The summed E-state index contributed by atoms with van der Waals surface area (Å²) >= 11 is 1.56. The minimum Gasteiger partial charge on any atom is -0.388 e. The van der Waals surface area contributed by atoms with Crippen LogP contribution in [-0.2, 0) is 11.3 Å². The predicted octanol–water partition coefficient (Wildman–Crippen LogP) is 4.56. The van der Waals surface area contributed by atoms with Gasteiger partial charge in [0.1, 0.15) is 6.29 Å². The molecule has 0 spiro atoms. The minimum atomic E-state index is 0.700. The lowest BCUT2D eigenvalue weighted by atomic mass is 10.1. The van der Waals surface area contributed by atoms with Crippen molar-refractivity contribution in [1.29, 1.82) is 0 Å². The fraction of sp³-hybridized carbons (Fsp3) is 0.167. The number of benzene rings is 2. The molecular formula is C18H21NO2S. The molecule has 22 heavy (non-hydrogen) atoms. The van der Waals surface area contributed by atoms with E-state index in [9.17, 15) is 4.79 Å². The van der Waals surface area contributed by atoms with Crippen molar-refractivity contribution in [2.45, 2.75) is 6.54 Å². The molecule has 0 N–H and O–H groups in total. The van der Waals surface area contributed by atoms with Gasteiger partial charge in [0.25, 0.3) is 0 Å². The van der Waals surface area contributed by atoms with Crippen molar-refractivity contribution >= 4 is 23.9 Å². The van der Waals surface area contributed by atoms with E-state index in [1.165, 1.54) is 0 Å². The second kappa shape index (κ2) is 10.7. The molecule has 0 atom stereocenters. The van der Waals surface area contributed by atoms with Gasteiger partial charge in [-0.2, -0.15) is 0 Å². The van der Waals surface area contributed by atoms with Crippen LogP contribution in [0, 0.1) is 0 Å². The minimum absolute atomic E-state index is 0.700. The largest absolute Gasteiger partial charge is 0.388 e. The maximum absolute atomic E-state index is 10.6. The van der Waals surface area contributed by atoms with Gasteiger partial charge in [0.05, 0.1) is 6.54 Å². The normalized spacial score (nSPS) is 9.36. The molecule has 2 aromatic carbocycles. The van der Waals surface area contributed by atoms with Crippen molar-refractivity contribution in [3.05, 3.63) is 77.7 Å². The van der Waals surface area contributed by atoms with E-state index in [-0.39, 0.29) is 0 Å². The van der Waals surface area contributed by atoms with E-state index in [4.69, 9.17) is 0 Å². The highest BCUT2D eigenvalue weighted by atomic mass is 32.2. The maximum atomic E-state index is 10.6. The molecule has 0 unspecified atom stereocenters. The van der Waals surface area contributed by atoms with E-state index in [2.05, 4.69) is 27.8 Å². The number of methoxy groups -OCH3 is 1. The Morgan fingerprint density at radius 3 is 2.18 bits per heavy atom. The Kier molecular flexibility index (Phi) is 8.72. The molecule has 3 nitrogen and oxygen atoms in total. The number of ether oxygens (including phenoxy) is 1. The zero-order valence-electron chi connectivity index (χ0n) is 12.9. The molecule has 4 heteroatoms. The molecule has 0 fully saturated rings. The molecule has 0 saturated carbocycles. The van der Waals surface area contributed by atoms with E-state index in [1.807, 2.05) is 47.9 Å². The molecule has 0 heterocycles. The molecular weight excluding hydrogens is 294 g/mol. The molecule has 0 aromatic heterocycles. The molecule has 0 bridgehead atoms. The first-order valence-corrected chi connectivity index (χ1v) is 7.63. The lowest BCUT2D eigenvalue weighted by molar-refractivity contribution is 0.112. The second-order valence-corrected chi connectivity index (χ2v) is 5.40. The Hall–Kier alpha value is -2.04. The van der Waals surface area contributed by atoms with Crippen LogP contribution in [0.15, 0.2) is 66.6 Å². The number of carbonyl (C=O) groups is 1. The molecule has 0 aliphatic heterocycles. The Balaban J connectivity index is 0.000000745. The zero-order chi connectivity index (χ0) is 16.2. The molecule has 2 rings (SSSR count). The van der Waals surface area contributed by atoms with Gasteiger partial charge in [-0.15, -0.1) is 0 Å². The summed E-state index contributed by atoms with van der Waals surface area (Å²) < 4.78 is 6.41. The van der Waals surface area contributed by atoms with Crippen LogP contribution in [0.2, 0.25) is 0 Å². The summed E-state index contributed by atoms with van der Waals surface area (Å²) in [5.74, 6) is 0. The number of para-hydroxylation sites is 1. The van der Waals surface area contributed by atoms with Crippen LogP contribution in [0.25, 0.3) is 0 Å². The highest BCUT2D eigenvalue weighted by molar-refractivity contribution is 8.03. The molecule has 0 radical (unpaired) electrons. The van der Waals surface area contributed by atoms with Gasteiger partial charge in [-0.1, -0.05) is 49.0 Å². The van der Waals surface area contributed by atoms with E-state index < -0.39 is 0 Å². The lowest BCUT2D eigenvalue weighted by Crippen LogP contribution is -2.12. The van der Waals surface area contributed by atoms with Crippen molar-refractivity contribution < 1.29 is 9.53 Å². The summed E-state index contributed by atoms with van der Waals surface area (Å²) in [5.41, 5.74) is 2.99. The topological polar surface area (TPSA) is 29.5 Å².